The zero-order chi connectivity index (χ0) is 16.4. The van der Waals surface area contributed by atoms with Crippen LogP contribution in [-0.4, -0.2) is 5.91 Å². The highest BCUT2D eigenvalue weighted by atomic mass is 16.3. The molecular weight excluding hydrogens is 286 g/mol. The summed E-state index contributed by atoms with van der Waals surface area (Å²) < 4.78 is 5.66. The molecule has 0 aliphatic heterocycles. The van der Waals surface area contributed by atoms with Crippen molar-refractivity contribution < 1.29 is 9.21 Å². The summed E-state index contributed by atoms with van der Waals surface area (Å²) >= 11 is 0. The molecule has 0 atom stereocenters. The highest BCUT2D eigenvalue weighted by Gasteiger charge is 2.12. The average molecular weight is 307 g/mol. The Morgan fingerprint density at radius 3 is 2.57 bits per heavy atom. The number of hydrogen-bond donors (Lipinski definition) is 1. The van der Waals surface area contributed by atoms with E-state index in [0.717, 1.165) is 27.7 Å². The van der Waals surface area contributed by atoms with Crippen LogP contribution < -0.4 is 5.32 Å². The van der Waals surface area contributed by atoms with Crippen molar-refractivity contribution in [1.29, 1.82) is 0 Å². The maximum absolute atomic E-state index is 12.2. The number of amides is 1. The first kappa shape index (κ1) is 15.3. The zero-order valence-corrected chi connectivity index (χ0v) is 13.8. The fraction of sp³-hybridized carbons (Fsp3) is 0.250. The lowest BCUT2D eigenvalue weighted by Gasteiger charge is -2.07. The standard InChI is InChI=1S/C20H21NO2/c1-13-8-9-18-17(12-23-20(18)15(13)3)10-19(22)21-11-16-7-5-4-6-14(16)2/h4-9,12H,10-11H2,1-3H3,(H,21,22). The van der Waals surface area contributed by atoms with Crippen molar-refractivity contribution in [2.45, 2.75) is 33.7 Å². The van der Waals surface area contributed by atoms with Gasteiger partial charge < -0.3 is 9.73 Å². The SMILES string of the molecule is Cc1ccccc1CNC(=O)Cc1coc2c(C)c(C)ccc12. The normalized spacial score (nSPS) is 10.9. The molecule has 1 N–H and O–H groups in total. The van der Waals surface area contributed by atoms with Gasteiger partial charge in [0.15, 0.2) is 0 Å². The monoisotopic (exact) mass is 307 g/mol. The summed E-state index contributed by atoms with van der Waals surface area (Å²) in [6.07, 6.45) is 2.03. The number of furan rings is 1. The van der Waals surface area contributed by atoms with Gasteiger partial charge in [0.25, 0.3) is 0 Å². The van der Waals surface area contributed by atoms with Gasteiger partial charge in [0.1, 0.15) is 5.58 Å². The van der Waals surface area contributed by atoms with E-state index in [-0.39, 0.29) is 5.91 Å². The van der Waals surface area contributed by atoms with Crippen LogP contribution in [0.3, 0.4) is 0 Å². The van der Waals surface area contributed by atoms with E-state index >= 15 is 0 Å². The molecule has 118 valence electrons. The van der Waals surface area contributed by atoms with Crippen LogP contribution in [0.1, 0.15) is 27.8 Å². The topological polar surface area (TPSA) is 42.2 Å². The van der Waals surface area contributed by atoms with Gasteiger partial charge in [-0.3, -0.25) is 4.79 Å². The first-order valence-electron chi connectivity index (χ1n) is 7.83. The van der Waals surface area contributed by atoms with Gasteiger partial charge in [-0.05, 0) is 43.0 Å². The summed E-state index contributed by atoms with van der Waals surface area (Å²) in [5, 5.41) is 4.02. The number of nitrogens with one attached hydrogen (secondary N) is 1. The van der Waals surface area contributed by atoms with Crippen LogP contribution >= 0.6 is 0 Å². The predicted molar refractivity (Wildman–Crippen MR) is 92.4 cm³/mol. The quantitative estimate of drug-likeness (QED) is 0.784. The van der Waals surface area contributed by atoms with E-state index in [0.29, 0.717) is 13.0 Å². The smallest absolute Gasteiger partial charge is 0.224 e. The second kappa shape index (κ2) is 6.29. The van der Waals surface area contributed by atoms with Gasteiger partial charge in [0.2, 0.25) is 5.91 Å². The molecule has 0 aliphatic carbocycles. The summed E-state index contributed by atoms with van der Waals surface area (Å²) in [7, 11) is 0. The van der Waals surface area contributed by atoms with Gasteiger partial charge >= 0.3 is 0 Å². The van der Waals surface area contributed by atoms with Crippen LogP contribution in [0.2, 0.25) is 0 Å². The lowest BCUT2D eigenvalue weighted by atomic mass is 10.0. The Morgan fingerprint density at radius 1 is 1.00 bits per heavy atom. The lowest BCUT2D eigenvalue weighted by molar-refractivity contribution is -0.120. The summed E-state index contributed by atoms with van der Waals surface area (Å²) in [6.45, 7) is 6.71. The molecule has 0 spiro atoms. The van der Waals surface area contributed by atoms with E-state index < -0.39 is 0 Å². The summed E-state index contributed by atoms with van der Waals surface area (Å²) in [5.74, 6) is 0.00850. The zero-order valence-electron chi connectivity index (χ0n) is 13.8. The third kappa shape index (κ3) is 3.14. The highest BCUT2D eigenvalue weighted by Crippen LogP contribution is 2.26. The first-order chi connectivity index (χ1) is 11.1. The number of rotatable bonds is 4. The van der Waals surface area contributed by atoms with Crippen LogP contribution in [-0.2, 0) is 17.8 Å². The molecular formula is C20H21NO2. The molecule has 3 nitrogen and oxygen atoms in total. The van der Waals surface area contributed by atoms with Crippen molar-refractivity contribution >= 4 is 16.9 Å². The van der Waals surface area contributed by atoms with Gasteiger partial charge in [-0.25, -0.2) is 0 Å². The van der Waals surface area contributed by atoms with Crippen molar-refractivity contribution in [2.24, 2.45) is 0 Å². The summed E-state index contributed by atoms with van der Waals surface area (Å²) in [5.41, 5.74) is 6.48. The minimum absolute atomic E-state index is 0.00850. The molecule has 3 rings (SSSR count). The molecule has 0 unspecified atom stereocenters. The molecule has 0 radical (unpaired) electrons. The maximum Gasteiger partial charge on any atom is 0.224 e. The Bertz CT molecular complexity index is 861. The molecule has 0 saturated heterocycles. The third-order valence-corrected chi connectivity index (χ3v) is 4.43. The fourth-order valence-corrected chi connectivity index (χ4v) is 2.76. The highest BCUT2D eigenvalue weighted by molar-refractivity contribution is 5.89. The Kier molecular flexibility index (Phi) is 4.20. The molecule has 0 saturated carbocycles. The van der Waals surface area contributed by atoms with Crippen LogP contribution in [0.15, 0.2) is 47.1 Å². The summed E-state index contributed by atoms with van der Waals surface area (Å²) in [4.78, 5) is 12.2. The van der Waals surface area contributed by atoms with Gasteiger partial charge in [-0.1, -0.05) is 36.4 Å². The molecule has 1 heterocycles. The van der Waals surface area contributed by atoms with E-state index in [1.807, 2.05) is 31.2 Å². The average Bonchev–Trinajstić information content (AvgIpc) is 2.94. The number of carbonyl (C=O) groups excluding carboxylic acids is 1. The molecule has 2 aromatic carbocycles. The van der Waals surface area contributed by atoms with Crippen LogP contribution in [0.5, 0.6) is 0 Å². The number of aryl methyl sites for hydroxylation is 3. The molecule has 3 aromatic rings. The van der Waals surface area contributed by atoms with E-state index in [2.05, 4.69) is 31.3 Å². The predicted octanol–water partition coefficient (Wildman–Crippen LogP) is 4.22. The fourth-order valence-electron chi connectivity index (χ4n) is 2.76. The Balaban J connectivity index is 1.71. The number of hydrogen-bond acceptors (Lipinski definition) is 2. The van der Waals surface area contributed by atoms with Gasteiger partial charge in [-0.15, -0.1) is 0 Å². The lowest BCUT2D eigenvalue weighted by Crippen LogP contribution is -2.24. The van der Waals surface area contributed by atoms with E-state index in [9.17, 15) is 4.79 Å². The van der Waals surface area contributed by atoms with Crippen LogP contribution in [0, 0.1) is 20.8 Å². The number of benzene rings is 2. The maximum atomic E-state index is 12.2. The van der Waals surface area contributed by atoms with E-state index in [4.69, 9.17) is 4.42 Å². The summed E-state index contributed by atoms with van der Waals surface area (Å²) in [6, 6.07) is 12.2. The number of carbonyl (C=O) groups is 1. The van der Waals surface area contributed by atoms with E-state index in [1.165, 1.54) is 11.1 Å². The van der Waals surface area contributed by atoms with E-state index in [1.54, 1.807) is 6.26 Å². The number of fused-ring (bicyclic) bond motifs is 1. The van der Waals surface area contributed by atoms with Crippen molar-refractivity contribution in [3.63, 3.8) is 0 Å². The second-order valence-corrected chi connectivity index (χ2v) is 6.03. The molecule has 3 heteroatoms. The molecule has 1 amide bonds. The minimum Gasteiger partial charge on any atom is -0.464 e. The van der Waals surface area contributed by atoms with Crippen molar-refractivity contribution in [3.05, 3.63) is 70.5 Å². The first-order valence-corrected chi connectivity index (χ1v) is 7.83. The molecule has 1 aromatic heterocycles. The minimum atomic E-state index is 0.00850. The van der Waals surface area contributed by atoms with Gasteiger partial charge in [0, 0.05) is 17.5 Å². The van der Waals surface area contributed by atoms with Crippen molar-refractivity contribution in [1.82, 2.24) is 5.32 Å². The van der Waals surface area contributed by atoms with Crippen molar-refractivity contribution in [2.75, 3.05) is 0 Å². The van der Waals surface area contributed by atoms with Gasteiger partial charge in [0.05, 0.1) is 12.7 Å². The Morgan fingerprint density at radius 2 is 1.78 bits per heavy atom. The largest absolute Gasteiger partial charge is 0.464 e. The Hall–Kier alpha value is -2.55. The molecule has 0 fully saturated rings. The Labute approximate surface area is 136 Å². The van der Waals surface area contributed by atoms with Crippen LogP contribution in [0.4, 0.5) is 0 Å². The molecule has 0 aliphatic rings. The molecule has 23 heavy (non-hydrogen) atoms. The second-order valence-electron chi connectivity index (χ2n) is 6.03. The van der Waals surface area contributed by atoms with Crippen LogP contribution in [0.25, 0.3) is 11.0 Å². The third-order valence-electron chi connectivity index (χ3n) is 4.43. The van der Waals surface area contributed by atoms with Crippen molar-refractivity contribution in [3.8, 4) is 0 Å². The molecule has 0 bridgehead atoms. The van der Waals surface area contributed by atoms with Gasteiger partial charge in [-0.2, -0.15) is 0 Å².